The maximum absolute atomic E-state index is 12.0. The van der Waals surface area contributed by atoms with Crippen molar-refractivity contribution in [2.45, 2.75) is 26.2 Å². The summed E-state index contributed by atoms with van der Waals surface area (Å²) in [5.41, 5.74) is 0.706. The molecular weight excluding hydrogens is 250 g/mol. The van der Waals surface area contributed by atoms with Crippen molar-refractivity contribution in [2.75, 3.05) is 5.75 Å². The molecule has 1 heterocycles. The van der Waals surface area contributed by atoms with E-state index < -0.39 is 23.2 Å². The normalized spacial score (nSPS) is 16.0. The smallest absolute Gasteiger partial charge is 0.304 e. The van der Waals surface area contributed by atoms with Crippen LogP contribution >= 0.6 is 0 Å². The van der Waals surface area contributed by atoms with Crippen LogP contribution in [0.1, 0.15) is 46.9 Å². The Hall–Kier alpha value is -1.33. The molecule has 0 saturated heterocycles. The van der Waals surface area contributed by atoms with Gasteiger partial charge in [0, 0.05) is 0 Å². The van der Waals surface area contributed by atoms with Crippen molar-refractivity contribution in [1.29, 1.82) is 0 Å². The fourth-order valence-electron chi connectivity index (χ4n) is 1.92. The summed E-state index contributed by atoms with van der Waals surface area (Å²) in [6, 6.07) is 6.60. The molecule has 1 aromatic rings. The monoisotopic (exact) mass is 265 g/mol. The zero-order valence-electron chi connectivity index (χ0n) is 10.2. The molecule has 0 aromatic heterocycles. The highest BCUT2D eigenvalue weighted by Crippen LogP contribution is 2.25. The molecule has 4 nitrogen and oxygen atoms in total. The molecule has 2 rings (SSSR count). The number of fused-ring (bicyclic) bond motifs is 1. The lowest BCUT2D eigenvalue weighted by atomic mass is 10.1. The largest absolute Gasteiger partial charge is 0.592 e. The van der Waals surface area contributed by atoms with Crippen LogP contribution in [0.4, 0.5) is 0 Å². The van der Waals surface area contributed by atoms with Gasteiger partial charge in [-0.1, -0.05) is 29.8 Å². The van der Waals surface area contributed by atoms with Crippen molar-refractivity contribution in [3.8, 4) is 0 Å². The molecule has 0 aliphatic carbocycles. The van der Waals surface area contributed by atoms with E-state index in [0.29, 0.717) is 16.9 Å². The molecule has 1 atom stereocenters. The maximum Gasteiger partial charge on any atom is 0.304 e. The van der Waals surface area contributed by atoms with E-state index in [0.717, 1.165) is 23.6 Å². The van der Waals surface area contributed by atoms with Crippen LogP contribution in [0.5, 0.6) is 0 Å². The molecule has 2 amide bonds. The Kier molecular flexibility index (Phi) is 4.04. The first-order valence-electron chi connectivity index (χ1n) is 6.03. The van der Waals surface area contributed by atoms with E-state index in [2.05, 4.69) is 0 Å². The van der Waals surface area contributed by atoms with Crippen molar-refractivity contribution in [3.63, 3.8) is 0 Å². The summed E-state index contributed by atoms with van der Waals surface area (Å²) in [6.45, 7) is 2.05. The predicted octanol–water partition coefficient (Wildman–Crippen LogP) is 2.14. The van der Waals surface area contributed by atoms with Gasteiger partial charge in [-0.15, -0.1) is 0 Å². The Morgan fingerprint density at radius 3 is 2.17 bits per heavy atom. The summed E-state index contributed by atoms with van der Waals surface area (Å²) in [6.07, 6.45) is 2.73. The maximum atomic E-state index is 12.0. The van der Waals surface area contributed by atoms with Crippen molar-refractivity contribution in [2.24, 2.45) is 0 Å². The number of nitrogens with zero attached hydrogens (tertiary/aromatic N) is 1. The highest BCUT2D eigenvalue weighted by atomic mass is 32.2. The third kappa shape index (κ3) is 2.28. The SMILES string of the molecule is CCCCC[S+]([O-])N1C(=O)c2ccccc2C1=O. The van der Waals surface area contributed by atoms with Crippen molar-refractivity contribution >= 4 is 23.2 Å². The minimum absolute atomic E-state index is 0.353. The second kappa shape index (κ2) is 5.54. The van der Waals surface area contributed by atoms with Crippen LogP contribution in [-0.4, -0.2) is 26.4 Å². The summed E-state index contributed by atoms with van der Waals surface area (Å²) in [5, 5.41) is 0. The molecule has 96 valence electrons. The van der Waals surface area contributed by atoms with E-state index in [1.165, 1.54) is 0 Å². The Morgan fingerprint density at radius 1 is 1.11 bits per heavy atom. The highest BCUT2D eigenvalue weighted by molar-refractivity contribution is 7.90. The molecule has 0 bridgehead atoms. The summed E-state index contributed by atoms with van der Waals surface area (Å²) < 4.78 is 12.9. The first-order chi connectivity index (χ1) is 8.66. The predicted molar refractivity (Wildman–Crippen MR) is 69.5 cm³/mol. The van der Waals surface area contributed by atoms with E-state index >= 15 is 0 Å². The van der Waals surface area contributed by atoms with Gasteiger partial charge in [0.25, 0.3) is 0 Å². The molecule has 1 aromatic carbocycles. The lowest BCUT2D eigenvalue weighted by molar-refractivity contribution is 0.0765. The van der Waals surface area contributed by atoms with Gasteiger partial charge in [0.05, 0.1) is 22.5 Å². The summed E-state index contributed by atoms with van der Waals surface area (Å²) >= 11 is -1.55. The molecule has 1 aliphatic rings. The zero-order chi connectivity index (χ0) is 13.1. The van der Waals surface area contributed by atoms with E-state index in [9.17, 15) is 14.1 Å². The molecule has 0 fully saturated rings. The third-order valence-electron chi connectivity index (χ3n) is 2.88. The first kappa shape index (κ1) is 13.1. The minimum atomic E-state index is -1.55. The molecule has 1 unspecified atom stereocenters. The van der Waals surface area contributed by atoms with Crippen LogP contribution in [0.3, 0.4) is 0 Å². The van der Waals surface area contributed by atoms with Crippen molar-refractivity contribution in [1.82, 2.24) is 4.31 Å². The standard InChI is InChI=1S/C13H15NO3S/c1-2-3-6-9-18(17)14-12(15)10-7-4-5-8-11(10)13(14)16/h4-5,7-8H,2-3,6,9H2,1H3. The molecule has 0 radical (unpaired) electrons. The van der Waals surface area contributed by atoms with E-state index in [1.54, 1.807) is 24.3 Å². The number of imide groups is 1. The first-order valence-corrected chi connectivity index (χ1v) is 7.30. The van der Waals surface area contributed by atoms with E-state index in [-0.39, 0.29) is 0 Å². The number of hydrogen-bond donors (Lipinski definition) is 0. The van der Waals surface area contributed by atoms with Gasteiger partial charge in [-0.2, -0.15) is 0 Å². The van der Waals surface area contributed by atoms with Gasteiger partial charge in [0.1, 0.15) is 5.75 Å². The van der Waals surface area contributed by atoms with Gasteiger partial charge in [0.15, 0.2) is 0 Å². The van der Waals surface area contributed by atoms with Crippen LogP contribution in [0.25, 0.3) is 0 Å². The third-order valence-corrected chi connectivity index (χ3v) is 4.26. The van der Waals surface area contributed by atoms with Crippen LogP contribution < -0.4 is 0 Å². The summed E-state index contributed by atoms with van der Waals surface area (Å²) in [7, 11) is 0. The summed E-state index contributed by atoms with van der Waals surface area (Å²) in [5.74, 6) is -0.518. The zero-order valence-corrected chi connectivity index (χ0v) is 11.0. The van der Waals surface area contributed by atoms with Gasteiger partial charge in [-0.25, -0.2) is 0 Å². The van der Waals surface area contributed by atoms with Crippen LogP contribution in [0.15, 0.2) is 24.3 Å². The highest BCUT2D eigenvalue weighted by Gasteiger charge is 2.43. The van der Waals surface area contributed by atoms with Crippen molar-refractivity contribution in [3.05, 3.63) is 35.4 Å². The Morgan fingerprint density at radius 2 is 1.67 bits per heavy atom. The average molecular weight is 265 g/mol. The molecule has 1 aliphatic heterocycles. The quantitative estimate of drug-likeness (QED) is 0.465. The topological polar surface area (TPSA) is 60.4 Å². The van der Waals surface area contributed by atoms with Gasteiger partial charge in [-0.3, -0.25) is 9.59 Å². The van der Waals surface area contributed by atoms with Crippen molar-refractivity contribution < 1.29 is 14.1 Å². The number of amides is 2. The van der Waals surface area contributed by atoms with Crippen LogP contribution in [0.2, 0.25) is 0 Å². The molecule has 0 spiro atoms. The van der Waals surface area contributed by atoms with Gasteiger partial charge in [-0.05, 0) is 25.0 Å². The minimum Gasteiger partial charge on any atom is -0.592 e. The Labute approximate surface area is 109 Å². The number of benzene rings is 1. The Balaban J connectivity index is 2.13. The van der Waals surface area contributed by atoms with Crippen LogP contribution in [0, 0.1) is 0 Å². The lowest BCUT2D eigenvalue weighted by Gasteiger charge is -2.17. The Bertz CT molecular complexity index is 440. The molecule has 18 heavy (non-hydrogen) atoms. The average Bonchev–Trinajstić information content (AvgIpc) is 2.63. The van der Waals surface area contributed by atoms with E-state index in [1.807, 2.05) is 6.92 Å². The van der Waals surface area contributed by atoms with Gasteiger partial charge < -0.3 is 4.55 Å². The van der Waals surface area contributed by atoms with Gasteiger partial charge in [0.2, 0.25) is 0 Å². The van der Waals surface area contributed by atoms with Gasteiger partial charge >= 0.3 is 11.8 Å². The fraction of sp³-hybridized carbons (Fsp3) is 0.385. The second-order valence-electron chi connectivity index (χ2n) is 4.18. The molecular formula is C13H15NO3S. The van der Waals surface area contributed by atoms with Crippen LogP contribution in [-0.2, 0) is 11.4 Å². The number of carbonyl (C=O) groups is 2. The molecule has 0 saturated carbocycles. The number of hydrogen-bond acceptors (Lipinski definition) is 3. The second-order valence-corrected chi connectivity index (χ2v) is 5.60. The fourth-order valence-corrected chi connectivity index (χ4v) is 3.12. The molecule has 0 N–H and O–H groups in total. The molecule has 5 heteroatoms. The number of carbonyl (C=O) groups excluding carboxylic acids is 2. The number of rotatable bonds is 5. The van der Waals surface area contributed by atoms with E-state index in [4.69, 9.17) is 0 Å². The number of unbranched alkanes of at least 4 members (excludes halogenated alkanes) is 2. The summed E-state index contributed by atoms with van der Waals surface area (Å²) in [4.78, 5) is 24.0. The lowest BCUT2D eigenvalue weighted by Crippen LogP contribution is -2.37.